The van der Waals surface area contributed by atoms with Crippen LogP contribution in [0.1, 0.15) is 10.4 Å². The Bertz CT molecular complexity index is 716. The summed E-state index contributed by atoms with van der Waals surface area (Å²) >= 11 is 0. The maximum atomic E-state index is 13.3. The van der Waals surface area contributed by atoms with Gasteiger partial charge in [0.25, 0.3) is 0 Å². The van der Waals surface area contributed by atoms with Crippen molar-refractivity contribution in [3.63, 3.8) is 0 Å². The molecule has 0 amide bonds. The maximum absolute atomic E-state index is 13.3. The van der Waals surface area contributed by atoms with E-state index in [2.05, 4.69) is 10.3 Å². The molecule has 0 spiro atoms. The third-order valence-corrected chi connectivity index (χ3v) is 2.87. The third-order valence-electron chi connectivity index (χ3n) is 2.87. The summed E-state index contributed by atoms with van der Waals surface area (Å²) in [6.45, 7) is 0.156. The van der Waals surface area contributed by atoms with Gasteiger partial charge in [-0.2, -0.15) is 0 Å². The summed E-state index contributed by atoms with van der Waals surface area (Å²) in [6, 6.07) is 7.69. The van der Waals surface area contributed by atoms with Crippen LogP contribution in [0, 0.1) is 5.82 Å². The summed E-state index contributed by atoms with van der Waals surface area (Å²) in [5, 5.41) is 2.62. The Morgan fingerprint density at radius 1 is 1.29 bits per heavy atom. The standard InChI is InChI=1S/C15H11FN2O3/c16-11-2-1-6-17-15(11)18-7-5-12(19)10-3-4-13-14(8-10)21-9-20-13/h1-8H,9H2,(H,17,18)/b7-5-. The van der Waals surface area contributed by atoms with Crippen LogP contribution in [0.5, 0.6) is 11.5 Å². The third kappa shape index (κ3) is 2.84. The molecule has 0 fully saturated rings. The molecule has 0 saturated heterocycles. The summed E-state index contributed by atoms with van der Waals surface area (Å²) in [6.07, 6.45) is 4.10. The molecule has 21 heavy (non-hydrogen) atoms. The number of halogens is 1. The first kappa shape index (κ1) is 13.1. The first-order valence-electron chi connectivity index (χ1n) is 6.21. The van der Waals surface area contributed by atoms with Gasteiger partial charge in [0.15, 0.2) is 28.9 Å². The Balaban J connectivity index is 1.69. The van der Waals surface area contributed by atoms with E-state index in [1.54, 1.807) is 18.2 Å². The lowest BCUT2D eigenvalue weighted by molar-refractivity contribution is 0.104. The number of allylic oxidation sites excluding steroid dienone is 1. The van der Waals surface area contributed by atoms with Gasteiger partial charge < -0.3 is 14.8 Å². The van der Waals surface area contributed by atoms with Gasteiger partial charge in [-0.25, -0.2) is 9.37 Å². The maximum Gasteiger partial charge on any atom is 0.231 e. The molecule has 1 aromatic carbocycles. The summed E-state index contributed by atoms with van der Waals surface area (Å²) < 4.78 is 23.7. The summed E-state index contributed by atoms with van der Waals surface area (Å²) in [5.74, 6) is 0.490. The lowest BCUT2D eigenvalue weighted by Gasteiger charge is -2.01. The zero-order valence-corrected chi connectivity index (χ0v) is 10.9. The molecule has 0 aliphatic carbocycles. The minimum atomic E-state index is -0.488. The molecule has 0 atom stereocenters. The van der Waals surface area contributed by atoms with Crippen molar-refractivity contribution in [2.45, 2.75) is 0 Å². The number of aromatic nitrogens is 1. The van der Waals surface area contributed by atoms with Crippen LogP contribution in [-0.4, -0.2) is 17.6 Å². The van der Waals surface area contributed by atoms with Gasteiger partial charge in [0.05, 0.1) is 0 Å². The van der Waals surface area contributed by atoms with E-state index in [1.165, 1.54) is 30.6 Å². The SMILES string of the molecule is O=C(/C=C\Nc1ncccc1F)c1ccc2c(c1)OCO2. The second kappa shape index (κ2) is 5.62. The minimum absolute atomic E-state index is 0.0623. The van der Waals surface area contributed by atoms with Gasteiger partial charge in [-0.3, -0.25) is 4.79 Å². The Morgan fingerprint density at radius 3 is 3.00 bits per heavy atom. The number of nitrogens with one attached hydrogen (secondary N) is 1. The van der Waals surface area contributed by atoms with Crippen LogP contribution in [0.25, 0.3) is 0 Å². The summed E-state index contributed by atoms with van der Waals surface area (Å²) in [7, 11) is 0. The molecule has 0 saturated carbocycles. The predicted molar refractivity (Wildman–Crippen MR) is 73.9 cm³/mol. The minimum Gasteiger partial charge on any atom is -0.454 e. The highest BCUT2D eigenvalue weighted by atomic mass is 19.1. The fourth-order valence-corrected chi connectivity index (χ4v) is 1.83. The number of pyridine rings is 1. The van der Waals surface area contributed by atoms with Gasteiger partial charge in [0.2, 0.25) is 6.79 Å². The van der Waals surface area contributed by atoms with Crippen LogP contribution in [0.4, 0.5) is 10.2 Å². The predicted octanol–water partition coefficient (Wildman–Crippen LogP) is 2.76. The number of rotatable bonds is 4. The van der Waals surface area contributed by atoms with Gasteiger partial charge in [-0.15, -0.1) is 0 Å². The second-order valence-electron chi connectivity index (χ2n) is 4.24. The van der Waals surface area contributed by atoms with E-state index in [-0.39, 0.29) is 18.4 Å². The molecule has 1 aliphatic rings. The molecule has 5 nitrogen and oxygen atoms in total. The average molecular weight is 286 g/mol. The number of hydrogen-bond acceptors (Lipinski definition) is 5. The highest BCUT2D eigenvalue weighted by Crippen LogP contribution is 2.32. The van der Waals surface area contributed by atoms with E-state index in [0.29, 0.717) is 17.1 Å². The fraction of sp³-hybridized carbons (Fsp3) is 0.0667. The van der Waals surface area contributed by atoms with Crippen LogP contribution in [0.3, 0.4) is 0 Å². The topological polar surface area (TPSA) is 60.5 Å². The van der Waals surface area contributed by atoms with E-state index in [0.717, 1.165) is 0 Å². The van der Waals surface area contributed by atoms with Crippen LogP contribution in [-0.2, 0) is 0 Å². The van der Waals surface area contributed by atoms with Gasteiger partial charge in [-0.1, -0.05) is 0 Å². The van der Waals surface area contributed by atoms with Crippen LogP contribution in [0.15, 0.2) is 48.8 Å². The number of ether oxygens (including phenoxy) is 2. The second-order valence-corrected chi connectivity index (χ2v) is 4.24. The van der Waals surface area contributed by atoms with Crippen LogP contribution >= 0.6 is 0 Å². The smallest absolute Gasteiger partial charge is 0.231 e. The molecule has 0 bridgehead atoms. The number of carbonyl (C=O) groups is 1. The number of hydrogen-bond donors (Lipinski definition) is 1. The first-order valence-corrected chi connectivity index (χ1v) is 6.21. The lowest BCUT2D eigenvalue weighted by atomic mass is 10.1. The molecule has 2 heterocycles. The van der Waals surface area contributed by atoms with E-state index in [1.807, 2.05) is 0 Å². The van der Waals surface area contributed by atoms with E-state index >= 15 is 0 Å². The number of nitrogens with zero attached hydrogens (tertiary/aromatic N) is 1. The quantitative estimate of drug-likeness (QED) is 0.691. The van der Waals surface area contributed by atoms with Crippen molar-refractivity contribution in [1.29, 1.82) is 0 Å². The van der Waals surface area contributed by atoms with E-state index < -0.39 is 5.82 Å². The van der Waals surface area contributed by atoms with Crippen molar-refractivity contribution in [2.24, 2.45) is 0 Å². The summed E-state index contributed by atoms with van der Waals surface area (Å²) in [4.78, 5) is 15.8. The number of fused-ring (bicyclic) bond motifs is 1. The summed E-state index contributed by atoms with van der Waals surface area (Å²) in [5.41, 5.74) is 0.457. The van der Waals surface area contributed by atoms with Crippen molar-refractivity contribution in [1.82, 2.24) is 4.98 Å². The van der Waals surface area contributed by atoms with Crippen molar-refractivity contribution in [3.8, 4) is 11.5 Å². The molecule has 106 valence electrons. The average Bonchev–Trinajstić information content (AvgIpc) is 2.96. The monoisotopic (exact) mass is 286 g/mol. The van der Waals surface area contributed by atoms with Crippen molar-refractivity contribution < 1.29 is 18.7 Å². The molecule has 1 N–H and O–H groups in total. The molecular formula is C15H11FN2O3. The van der Waals surface area contributed by atoms with Crippen molar-refractivity contribution in [2.75, 3.05) is 12.1 Å². The number of anilines is 1. The number of ketones is 1. The molecule has 6 heteroatoms. The van der Waals surface area contributed by atoms with Gasteiger partial charge >= 0.3 is 0 Å². The van der Waals surface area contributed by atoms with Gasteiger partial charge in [0, 0.05) is 24.0 Å². The Hall–Kier alpha value is -2.89. The Morgan fingerprint density at radius 2 is 2.14 bits per heavy atom. The van der Waals surface area contributed by atoms with E-state index in [4.69, 9.17) is 9.47 Å². The fourth-order valence-electron chi connectivity index (χ4n) is 1.83. The van der Waals surface area contributed by atoms with Gasteiger partial charge in [0.1, 0.15) is 0 Å². The molecular weight excluding hydrogens is 275 g/mol. The molecule has 1 aliphatic heterocycles. The number of carbonyl (C=O) groups excluding carboxylic acids is 1. The molecule has 1 aromatic heterocycles. The van der Waals surface area contributed by atoms with Gasteiger partial charge in [-0.05, 0) is 30.3 Å². The lowest BCUT2D eigenvalue weighted by Crippen LogP contribution is -1.98. The highest BCUT2D eigenvalue weighted by molar-refractivity contribution is 6.05. The Labute approximate surface area is 120 Å². The first-order chi connectivity index (χ1) is 10.2. The highest BCUT2D eigenvalue weighted by Gasteiger charge is 2.15. The van der Waals surface area contributed by atoms with E-state index in [9.17, 15) is 9.18 Å². The van der Waals surface area contributed by atoms with Crippen molar-refractivity contribution in [3.05, 3.63) is 60.2 Å². The molecule has 0 radical (unpaired) electrons. The molecule has 2 aromatic rings. The normalized spacial score (nSPS) is 12.6. The Kier molecular flexibility index (Phi) is 3.51. The van der Waals surface area contributed by atoms with Crippen molar-refractivity contribution >= 4 is 11.6 Å². The van der Waals surface area contributed by atoms with Crippen LogP contribution < -0.4 is 14.8 Å². The largest absolute Gasteiger partial charge is 0.454 e. The zero-order chi connectivity index (χ0) is 14.7. The zero-order valence-electron chi connectivity index (χ0n) is 10.9. The van der Waals surface area contributed by atoms with Crippen LogP contribution in [0.2, 0.25) is 0 Å². The molecule has 0 unspecified atom stereocenters. The number of benzene rings is 1. The molecule has 3 rings (SSSR count).